The van der Waals surface area contributed by atoms with Crippen LogP contribution in [-0.4, -0.2) is 22.7 Å². The van der Waals surface area contributed by atoms with Crippen molar-refractivity contribution in [1.82, 2.24) is 0 Å². The molecule has 0 radical (unpaired) electrons. The Morgan fingerprint density at radius 3 is 2.71 bits per heavy atom. The summed E-state index contributed by atoms with van der Waals surface area (Å²) in [6.45, 7) is 1.40. The Balaban J connectivity index is 2.54. The third kappa shape index (κ3) is 4.76. The first-order valence-electron chi connectivity index (χ1n) is 5.22. The highest BCUT2D eigenvalue weighted by atomic mass is 16.6. The van der Waals surface area contributed by atoms with E-state index in [0.717, 1.165) is 5.56 Å². The van der Waals surface area contributed by atoms with E-state index >= 15 is 0 Å². The molecule has 1 aromatic carbocycles. The zero-order chi connectivity index (χ0) is 12.7. The highest BCUT2D eigenvalue weighted by Gasteiger charge is 2.10. The van der Waals surface area contributed by atoms with Crippen molar-refractivity contribution in [3.05, 3.63) is 57.8 Å². The fraction of sp³-hybridized carbons (Fsp3) is 0.333. The Morgan fingerprint density at radius 2 is 2.18 bits per heavy atom. The summed E-state index contributed by atoms with van der Waals surface area (Å²) in [5.41, 5.74) is 0.926. The lowest BCUT2D eigenvalue weighted by Crippen LogP contribution is -2.16. The van der Waals surface area contributed by atoms with Crippen molar-refractivity contribution >= 4 is 0 Å². The number of rotatable bonds is 6. The fourth-order valence-corrected chi connectivity index (χ4v) is 1.26. The normalized spacial score (nSPS) is 13.4. The van der Waals surface area contributed by atoms with Crippen LogP contribution in [0.25, 0.3) is 0 Å². The first-order valence-corrected chi connectivity index (χ1v) is 5.22. The molecule has 0 fully saturated rings. The molecule has 0 aliphatic carbocycles. The molecule has 0 aliphatic heterocycles. The molecule has 0 spiro atoms. The van der Waals surface area contributed by atoms with Crippen LogP contribution in [0.2, 0.25) is 0 Å². The van der Waals surface area contributed by atoms with Gasteiger partial charge >= 0.3 is 0 Å². The number of nitro groups is 1. The van der Waals surface area contributed by atoms with Gasteiger partial charge in [0, 0.05) is 13.0 Å². The van der Waals surface area contributed by atoms with Gasteiger partial charge in [0.2, 0.25) is 5.70 Å². The molecule has 0 saturated carbocycles. The Hall–Kier alpha value is -1.72. The lowest BCUT2D eigenvalue weighted by molar-refractivity contribution is -0.425. The van der Waals surface area contributed by atoms with E-state index < -0.39 is 11.0 Å². The third-order valence-corrected chi connectivity index (χ3v) is 2.20. The summed E-state index contributed by atoms with van der Waals surface area (Å²) in [6, 6.07) is 9.43. The van der Waals surface area contributed by atoms with Crippen LogP contribution in [0.15, 0.2) is 42.1 Å². The first kappa shape index (κ1) is 13.3. The van der Waals surface area contributed by atoms with E-state index in [0.29, 0.717) is 6.61 Å². The number of hydrogen-bond acceptors (Lipinski definition) is 4. The number of nitrogens with zero attached hydrogens (tertiary/aromatic N) is 1. The van der Waals surface area contributed by atoms with Gasteiger partial charge in [-0.25, -0.2) is 0 Å². The summed E-state index contributed by atoms with van der Waals surface area (Å²) in [6.07, 6.45) is 0.656. The average molecular weight is 237 g/mol. The van der Waals surface area contributed by atoms with Gasteiger partial charge in [-0.15, -0.1) is 0 Å². The number of hydrogen-bond donors (Lipinski definition) is 1. The van der Waals surface area contributed by atoms with E-state index in [1.54, 1.807) is 0 Å². The van der Waals surface area contributed by atoms with Crippen molar-refractivity contribution in [3.63, 3.8) is 0 Å². The second-order valence-electron chi connectivity index (χ2n) is 3.58. The molecule has 17 heavy (non-hydrogen) atoms. The van der Waals surface area contributed by atoms with Gasteiger partial charge in [-0.1, -0.05) is 30.3 Å². The summed E-state index contributed by atoms with van der Waals surface area (Å²) >= 11 is 0. The predicted octanol–water partition coefficient (Wildman–Crippen LogP) is 1.74. The maximum atomic E-state index is 10.4. The number of aliphatic hydroxyl groups is 1. The van der Waals surface area contributed by atoms with Crippen molar-refractivity contribution in [1.29, 1.82) is 0 Å². The molecule has 0 heterocycles. The molecule has 0 unspecified atom stereocenters. The highest BCUT2D eigenvalue weighted by Crippen LogP contribution is 2.06. The van der Waals surface area contributed by atoms with Crippen LogP contribution in [0.1, 0.15) is 12.5 Å². The Bertz CT molecular complexity index is 389. The van der Waals surface area contributed by atoms with Crippen LogP contribution in [-0.2, 0) is 11.3 Å². The Kier molecular flexibility index (Phi) is 5.32. The summed E-state index contributed by atoms with van der Waals surface area (Å²) in [5.74, 6) is 0. The predicted molar refractivity (Wildman–Crippen MR) is 62.9 cm³/mol. The molecule has 0 amide bonds. The largest absolute Gasteiger partial charge is 0.393 e. The summed E-state index contributed by atoms with van der Waals surface area (Å²) < 4.78 is 5.37. The lowest BCUT2D eigenvalue weighted by Gasteiger charge is -2.10. The van der Waals surface area contributed by atoms with Crippen LogP contribution in [0.4, 0.5) is 0 Å². The fourth-order valence-electron chi connectivity index (χ4n) is 1.26. The van der Waals surface area contributed by atoms with Crippen LogP contribution in [0.3, 0.4) is 0 Å². The average Bonchev–Trinajstić information content (AvgIpc) is 2.35. The number of ether oxygens (including phenoxy) is 1. The molecule has 0 aliphatic rings. The van der Waals surface area contributed by atoms with Crippen LogP contribution in [0, 0.1) is 10.1 Å². The van der Waals surface area contributed by atoms with Gasteiger partial charge in [-0.3, -0.25) is 10.1 Å². The molecular weight excluding hydrogens is 222 g/mol. The zero-order valence-electron chi connectivity index (χ0n) is 9.57. The molecule has 92 valence electrons. The monoisotopic (exact) mass is 237 g/mol. The second kappa shape index (κ2) is 6.78. The zero-order valence-corrected chi connectivity index (χ0v) is 9.57. The number of benzene rings is 1. The minimum absolute atomic E-state index is 0.0305. The van der Waals surface area contributed by atoms with Gasteiger partial charge in [0.1, 0.15) is 6.10 Å². The molecule has 1 atom stereocenters. The molecule has 1 N–H and O–H groups in total. The molecule has 5 heteroatoms. The Morgan fingerprint density at radius 1 is 1.53 bits per heavy atom. The van der Waals surface area contributed by atoms with E-state index in [1.165, 1.54) is 13.0 Å². The van der Waals surface area contributed by atoms with Crippen molar-refractivity contribution < 1.29 is 14.8 Å². The summed E-state index contributed by atoms with van der Waals surface area (Å²) in [4.78, 5) is 9.92. The maximum Gasteiger partial charge on any atom is 0.241 e. The van der Waals surface area contributed by atoms with Crippen molar-refractivity contribution in [2.75, 3.05) is 6.61 Å². The summed E-state index contributed by atoms with van der Waals surface area (Å²) in [7, 11) is 0. The van der Waals surface area contributed by atoms with Gasteiger partial charge in [0.25, 0.3) is 0 Å². The molecule has 0 aromatic heterocycles. The van der Waals surface area contributed by atoms with Gasteiger partial charge in [0.05, 0.1) is 18.1 Å². The highest BCUT2D eigenvalue weighted by molar-refractivity contribution is 5.13. The standard InChI is InChI=1S/C12H15NO4/c1-10(13(15)16)7-12(8-14)17-9-11-5-3-2-4-6-11/h2-7,12,14H,8-9H2,1H3/b10-7+/t12-/m1/s1. The van der Waals surface area contributed by atoms with Gasteiger partial charge in [-0.05, 0) is 5.56 Å². The Labute approximate surface area is 99.5 Å². The van der Waals surface area contributed by atoms with Crippen molar-refractivity contribution in [3.8, 4) is 0 Å². The van der Waals surface area contributed by atoms with Crippen LogP contribution < -0.4 is 0 Å². The van der Waals surface area contributed by atoms with E-state index in [4.69, 9.17) is 9.84 Å². The minimum atomic E-state index is -0.652. The van der Waals surface area contributed by atoms with E-state index in [1.807, 2.05) is 30.3 Å². The molecule has 5 nitrogen and oxygen atoms in total. The van der Waals surface area contributed by atoms with Crippen LogP contribution >= 0.6 is 0 Å². The van der Waals surface area contributed by atoms with Gasteiger partial charge in [0.15, 0.2) is 0 Å². The van der Waals surface area contributed by atoms with Crippen molar-refractivity contribution in [2.45, 2.75) is 19.6 Å². The molecule has 0 saturated heterocycles. The van der Waals surface area contributed by atoms with Gasteiger partial charge in [-0.2, -0.15) is 0 Å². The maximum absolute atomic E-state index is 10.4. The second-order valence-corrected chi connectivity index (χ2v) is 3.58. The SMILES string of the molecule is C/C(=C\[C@H](CO)OCc1ccccc1)[N+](=O)[O-]. The smallest absolute Gasteiger partial charge is 0.241 e. The minimum Gasteiger partial charge on any atom is -0.393 e. The van der Waals surface area contributed by atoms with Gasteiger partial charge < -0.3 is 9.84 Å². The van der Waals surface area contributed by atoms with Crippen molar-refractivity contribution in [2.24, 2.45) is 0 Å². The first-order chi connectivity index (χ1) is 8.13. The lowest BCUT2D eigenvalue weighted by atomic mass is 10.2. The summed E-state index contributed by atoms with van der Waals surface area (Å²) in [5, 5.41) is 19.5. The number of allylic oxidation sites excluding steroid dienone is 1. The topological polar surface area (TPSA) is 72.6 Å². The molecular formula is C12H15NO4. The third-order valence-electron chi connectivity index (χ3n) is 2.20. The number of aliphatic hydroxyl groups excluding tert-OH is 1. The molecule has 1 aromatic rings. The van der Waals surface area contributed by atoms with Crippen LogP contribution in [0.5, 0.6) is 0 Å². The molecule has 0 bridgehead atoms. The van der Waals surface area contributed by atoms with E-state index in [9.17, 15) is 10.1 Å². The van der Waals surface area contributed by atoms with E-state index in [-0.39, 0.29) is 12.3 Å². The molecule has 1 rings (SSSR count). The van der Waals surface area contributed by atoms with E-state index in [2.05, 4.69) is 0 Å². The quantitative estimate of drug-likeness (QED) is 0.604.